The number of carbonyl (C=O) groups is 1. The topological polar surface area (TPSA) is 72.0 Å². The molecule has 0 radical (unpaired) electrons. The number of methoxy groups -OCH3 is 2. The molecule has 0 bridgehead atoms. The molecule has 6 heteroatoms. The van der Waals surface area contributed by atoms with E-state index in [2.05, 4.69) is 15.8 Å². The van der Waals surface area contributed by atoms with Crippen LogP contribution >= 0.6 is 0 Å². The lowest BCUT2D eigenvalue weighted by Crippen LogP contribution is -2.25. The van der Waals surface area contributed by atoms with Crippen molar-refractivity contribution in [3.05, 3.63) is 53.6 Å². The number of carbonyl (C=O) groups excluding carboxylic acids is 1. The summed E-state index contributed by atoms with van der Waals surface area (Å²) in [5, 5.41) is 6.99. The van der Waals surface area contributed by atoms with E-state index >= 15 is 0 Å². The van der Waals surface area contributed by atoms with Crippen molar-refractivity contribution >= 4 is 17.8 Å². The van der Waals surface area contributed by atoms with Crippen LogP contribution in [0.4, 0.5) is 5.69 Å². The van der Waals surface area contributed by atoms with E-state index in [0.717, 1.165) is 16.8 Å². The minimum atomic E-state index is -0.236. The molecule has 0 heterocycles. The average Bonchev–Trinajstić information content (AvgIpc) is 2.60. The number of amides is 1. The second-order valence-electron chi connectivity index (χ2n) is 5.12. The van der Waals surface area contributed by atoms with Crippen molar-refractivity contribution in [3.8, 4) is 11.5 Å². The fourth-order valence-electron chi connectivity index (χ4n) is 2.08. The van der Waals surface area contributed by atoms with Crippen LogP contribution in [-0.4, -0.2) is 32.9 Å². The Labute approximate surface area is 141 Å². The molecule has 0 atom stereocenters. The van der Waals surface area contributed by atoms with Gasteiger partial charge in [0.15, 0.2) is 0 Å². The van der Waals surface area contributed by atoms with Gasteiger partial charge in [-0.15, -0.1) is 0 Å². The van der Waals surface area contributed by atoms with Crippen LogP contribution in [0.3, 0.4) is 0 Å². The Balaban J connectivity index is 1.88. The smallest absolute Gasteiger partial charge is 0.259 e. The minimum absolute atomic E-state index is 0.139. The number of nitrogens with one attached hydrogen (secondary N) is 2. The zero-order valence-corrected chi connectivity index (χ0v) is 14.0. The van der Waals surface area contributed by atoms with Gasteiger partial charge < -0.3 is 14.8 Å². The fraction of sp³-hybridized carbons (Fsp3) is 0.222. The molecule has 2 rings (SSSR count). The number of anilines is 1. The summed E-state index contributed by atoms with van der Waals surface area (Å²) in [5.74, 6) is 1.07. The summed E-state index contributed by atoms with van der Waals surface area (Å²) < 4.78 is 10.4. The summed E-state index contributed by atoms with van der Waals surface area (Å²) in [4.78, 5) is 11.8. The number of benzene rings is 2. The van der Waals surface area contributed by atoms with Gasteiger partial charge in [0.2, 0.25) is 0 Å². The molecule has 0 saturated heterocycles. The van der Waals surface area contributed by atoms with E-state index in [1.165, 1.54) is 6.21 Å². The third-order valence-corrected chi connectivity index (χ3v) is 3.30. The molecule has 0 fully saturated rings. The van der Waals surface area contributed by atoms with Crippen LogP contribution in [-0.2, 0) is 4.79 Å². The van der Waals surface area contributed by atoms with Gasteiger partial charge in [0.05, 0.1) is 27.0 Å². The molecule has 1 amide bonds. The lowest BCUT2D eigenvalue weighted by atomic mass is 10.2. The van der Waals surface area contributed by atoms with Gasteiger partial charge >= 0.3 is 0 Å². The van der Waals surface area contributed by atoms with Crippen molar-refractivity contribution in [2.75, 3.05) is 26.1 Å². The summed E-state index contributed by atoms with van der Waals surface area (Å²) in [6.45, 7) is 2.14. The van der Waals surface area contributed by atoms with Gasteiger partial charge in [0.1, 0.15) is 11.5 Å². The summed E-state index contributed by atoms with van der Waals surface area (Å²) >= 11 is 0. The van der Waals surface area contributed by atoms with Crippen LogP contribution in [0.2, 0.25) is 0 Å². The number of rotatable bonds is 7. The predicted octanol–water partition coefficient (Wildman–Crippen LogP) is 2.57. The Morgan fingerprint density at radius 3 is 2.71 bits per heavy atom. The van der Waals surface area contributed by atoms with Crippen LogP contribution in [0.5, 0.6) is 11.5 Å². The molecule has 0 saturated carbocycles. The van der Waals surface area contributed by atoms with E-state index in [-0.39, 0.29) is 12.5 Å². The lowest BCUT2D eigenvalue weighted by Gasteiger charge is -2.07. The average molecular weight is 327 g/mol. The molecule has 0 spiro atoms. The van der Waals surface area contributed by atoms with Crippen LogP contribution < -0.4 is 20.2 Å². The van der Waals surface area contributed by atoms with Gasteiger partial charge in [-0.2, -0.15) is 5.10 Å². The highest BCUT2D eigenvalue weighted by atomic mass is 16.5. The molecule has 0 aliphatic rings. The van der Waals surface area contributed by atoms with Crippen molar-refractivity contribution in [3.63, 3.8) is 0 Å². The molecule has 0 aromatic heterocycles. The molecule has 0 unspecified atom stereocenters. The molecule has 2 N–H and O–H groups in total. The van der Waals surface area contributed by atoms with Crippen molar-refractivity contribution in [1.82, 2.24) is 5.43 Å². The second kappa shape index (κ2) is 8.57. The molecule has 2 aromatic carbocycles. The van der Waals surface area contributed by atoms with Gasteiger partial charge in [0.25, 0.3) is 5.91 Å². The first kappa shape index (κ1) is 17.3. The Kier molecular flexibility index (Phi) is 6.19. The minimum Gasteiger partial charge on any atom is -0.497 e. The Hall–Kier alpha value is -3.02. The third-order valence-electron chi connectivity index (χ3n) is 3.30. The maximum absolute atomic E-state index is 11.8. The van der Waals surface area contributed by atoms with Crippen LogP contribution in [0, 0.1) is 6.92 Å². The van der Waals surface area contributed by atoms with Crippen LogP contribution in [0.1, 0.15) is 11.1 Å². The summed E-state index contributed by atoms with van der Waals surface area (Å²) in [7, 11) is 3.15. The molecular weight excluding hydrogens is 306 g/mol. The first-order valence-electron chi connectivity index (χ1n) is 7.47. The highest BCUT2D eigenvalue weighted by Gasteiger charge is 2.03. The number of hydrogen-bond donors (Lipinski definition) is 2. The Morgan fingerprint density at radius 2 is 2.00 bits per heavy atom. The summed E-state index contributed by atoms with van der Waals surface area (Å²) in [6.07, 6.45) is 1.53. The van der Waals surface area contributed by atoms with E-state index in [1.807, 2.05) is 31.2 Å². The van der Waals surface area contributed by atoms with Gasteiger partial charge in [0, 0.05) is 17.3 Å². The van der Waals surface area contributed by atoms with Gasteiger partial charge in [-0.25, -0.2) is 5.43 Å². The zero-order valence-electron chi connectivity index (χ0n) is 14.0. The SMILES string of the molecule is COc1ccc(/C=N\NC(=O)CNc2cccc(C)c2)c(OC)c1. The maximum atomic E-state index is 11.8. The van der Waals surface area contributed by atoms with E-state index in [9.17, 15) is 4.79 Å². The monoisotopic (exact) mass is 327 g/mol. The zero-order chi connectivity index (χ0) is 17.4. The van der Waals surface area contributed by atoms with Gasteiger partial charge in [-0.1, -0.05) is 12.1 Å². The second-order valence-corrected chi connectivity index (χ2v) is 5.12. The number of aryl methyl sites for hydroxylation is 1. The largest absolute Gasteiger partial charge is 0.497 e. The number of ether oxygens (including phenoxy) is 2. The summed E-state index contributed by atoms with van der Waals surface area (Å²) in [6, 6.07) is 13.2. The molecule has 126 valence electrons. The van der Waals surface area contributed by atoms with Crippen molar-refractivity contribution in [2.24, 2.45) is 5.10 Å². The Bertz CT molecular complexity index is 729. The summed E-state index contributed by atoms with van der Waals surface area (Å²) in [5.41, 5.74) is 5.24. The van der Waals surface area contributed by atoms with Crippen molar-refractivity contribution in [1.29, 1.82) is 0 Å². The molecule has 2 aromatic rings. The number of hydrogen-bond acceptors (Lipinski definition) is 5. The van der Waals surface area contributed by atoms with Gasteiger partial charge in [-0.3, -0.25) is 4.79 Å². The highest BCUT2D eigenvalue weighted by Crippen LogP contribution is 2.22. The maximum Gasteiger partial charge on any atom is 0.259 e. The molecule has 0 aliphatic heterocycles. The van der Waals surface area contributed by atoms with E-state index in [1.54, 1.807) is 32.4 Å². The third kappa shape index (κ3) is 5.01. The van der Waals surface area contributed by atoms with Gasteiger partial charge in [-0.05, 0) is 36.8 Å². The predicted molar refractivity (Wildman–Crippen MR) is 95.0 cm³/mol. The van der Waals surface area contributed by atoms with Crippen LogP contribution in [0.25, 0.3) is 0 Å². The molecular formula is C18H21N3O3. The molecule has 6 nitrogen and oxygen atoms in total. The normalized spacial score (nSPS) is 10.5. The lowest BCUT2D eigenvalue weighted by molar-refractivity contribution is -0.119. The molecule has 0 aliphatic carbocycles. The number of hydrazone groups is 1. The van der Waals surface area contributed by atoms with E-state index < -0.39 is 0 Å². The first-order chi connectivity index (χ1) is 11.6. The quantitative estimate of drug-likeness (QED) is 0.606. The highest BCUT2D eigenvalue weighted by molar-refractivity contribution is 5.86. The fourth-order valence-corrected chi connectivity index (χ4v) is 2.08. The van der Waals surface area contributed by atoms with Crippen molar-refractivity contribution in [2.45, 2.75) is 6.92 Å². The number of nitrogens with zero attached hydrogens (tertiary/aromatic N) is 1. The van der Waals surface area contributed by atoms with Crippen LogP contribution in [0.15, 0.2) is 47.6 Å². The molecule has 24 heavy (non-hydrogen) atoms. The van der Waals surface area contributed by atoms with E-state index in [4.69, 9.17) is 9.47 Å². The van der Waals surface area contributed by atoms with Crippen molar-refractivity contribution < 1.29 is 14.3 Å². The standard InChI is InChI=1S/C18H21N3O3/c1-13-5-4-6-15(9-13)19-12-18(22)21-20-11-14-7-8-16(23-2)10-17(14)24-3/h4-11,19H,12H2,1-3H3,(H,21,22)/b20-11-. The Morgan fingerprint density at radius 1 is 1.17 bits per heavy atom. The van der Waals surface area contributed by atoms with E-state index in [0.29, 0.717) is 11.5 Å². The first-order valence-corrected chi connectivity index (χ1v) is 7.47.